The average molecular weight is 646 g/mol. The molecule has 6 atom stereocenters. The Morgan fingerprint density at radius 1 is 0.696 bits per heavy atom. The smallest absolute Gasteiger partial charge is 0.251 e. The first kappa shape index (κ1) is 40.4. The van der Waals surface area contributed by atoms with Crippen molar-refractivity contribution in [2.45, 2.75) is 125 Å². The van der Waals surface area contributed by atoms with Crippen molar-refractivity contribution in [3.05, 3.63) is 29.8 Å². The predicted octanol–water partition coefficient (Wildman–Crippen LogP) is 4.05. The van der Waals surface area contributed by atoms with Gasteiger partial charge >= 0.3 is 0 Å². The van der Waals surface area contributed by atoms with Crippen LogP contribution in [0.2, 0.25) is 0 Å². The van der Waals surface area contributed by atoms with E-state index in [0.29, 0.717) is 50.6 Å². The number of aromatic hydroxyl groups is 1. The number of rotatable bonds is 20. The largest absolute Gasteiger partial charge is 0.508 e. The second-order valence-electron chi connectivity index (χ2n) is 13.2. The molecule has 11 heteroatoms. The number of nitrogens with one attached hydrogen (secondary N) is 5. The first-order valence-corrected chi connectivity index (χ1v) is 16.9. The molecular formula is C35H59N5O6. The fourth-order valence-electron chi connectivity index (χ4n) is 5.17. The first-order valence-electron chi connectivity index (χ1n) is 16.9. The van der Waals surface area contributed by atoms with Crippen LogP contribution in [-0.4, -0.2) is 65.4 Å². The summed E-state index contributed by atoms with van der Waals surface area (Å²) in [7, 11) is 0. The number of hydrogen-bond donors (Lipinski definition) is 6. The van der Waals surface area contributed by atoms with Crippen LogP contribution in [0.15, 0.2) is 24.3 Å². The van der Waals surface area contributed by atoms with Crippen LogP contribution in [0.3, 0.4) is 0 Å². The maximum absolute atomic E-state index is 13.6. The quantitative estimate of drug-likeness (QED) is 0.125. The monoisotopic (exact) mass is 645 g/mol. The summed E-state index contributed by atoms with van der Waals surface area (Å²) in [6, 6.07) is 3.28. The first-order chi connectivity index (χ1) is 21.6. The molecule has 6 N–H and O–H groups in total. The number of likely N-dealkylation sites (N-methyl/N-ethyl adjacent to an activating group) is 1. The van der Waals surface area contributed by atoms with E-state index in [-0.39, 0.29) is 53.2 Å². The third-order valence-corrected chi connectivity index (χ3v) is 8.22. The van der Waals surface area contributed by atoms with E-state index in [4.69, 9.17) is 0 Å². The van der Waals surface area contributed by atoms with Gasteiger partial charge in [0.25, 0.3) is 5.91 Å². The molecule has 0 saturated carbocycles. The lowest BCUT2D eigenvalue weighted by Gasteiger charge is -2.28. The molecule has 0 aliphatic carbocycles. The molecule has 0 unspecified atom stereocenters. The number of benzene rings is 1. The Morgan fingerprint density at radius 2 is 1.33 bits per heavy atom. The van der Waals surface area contributed by atoms with Crippen LogP contribution in [0.1, 0.15) is 111 Å². The summed E-state index contributed by atoms with van der Waals surface area (Å²) in [5.74, 6) is -1.93. The Labute approximate surface area is 275 Å². The van der Waals surface area contributed by atoms with Gasteiger partial charge in [0.05, 0.1) is 0 Å². The molecule has 11 nitrogen and oxygen atoms in total. The van der Waals surface area contributed by atoms with Crippen molar-refractivity contribution in [1.29, 1.82) is 0 Å². The van der Waals surface area contributed by atoms with Crippen LogP contribution < -0.4 is 26.6 Å². The van der Waals surface area contributed by atoms with Crippen LogP contribution in [0, 0.1) is 23.7 Å². The summed E-state index contributed by atoms with van der Waals surface area (Å²) in [5, 5.41) is 24.0. The highest BCUT2D eigenvalue weighted by molar-refractivity contribution is 5.98. The van der Waals surface area contributed by atoms with Gasteiger partial charge in [0.1, 0.15) is 23.9 Å². The molecule has 0 spiro atoms. The third-order valence-electron chi connectivity index (χ3n) is 8.22. The molecule has 1 rings (SSSR count). The highest BCUT2D eigenvalue weighted by Gasteiger charge is 2.31. The third kappa shape index (κ3) is 13.8. The van der Waals surface area contributed by atoms with Crippen molar-refractivity contribution in [3.63, 3.8) is 0 Å². The maximum Gasteiger partial charge on any atom is 0.251 e. The molecule has 1 aromatic rings. The van der Waals surface area contributed by atoms with Gasteiger partial charge in [-0.1, -0.05) is 68.2 Å². The highest BCUT2D eigenvalue weighted by Crippen LogP contribution is 2.17. The minimum Gasteiger partial charge on any atom is -0.508 e. The summed E-state index contributed by atoms with van der Waals surface area (Å²) in [6.45, 7) is 17.8. The average Bonchev–Trinajstić information content (AvgIpc) is 3.00. The van der Waals surface area contributed by atoms with Crippen molar-refractivity contribution in [2.75, 3.05) is 6.54 Å². The summed E-state index contributed by atoms with van der Waals surface area (Å²) >= 11 is 0. The molecule has 5 amide bonds. The summed E-state index contributed by atoms with van der Waals surface area (Å²) in [6.07, 6.45) is 3.45. The topological polar surface area (TPSA) is 166 Å². The van der Waals surface area contributed by atoms with Crippen molar-refractivity contribution in [1.82, 2.24) is 26.6 Å². The number of phenolic OH excluding ortho intramolecular Hbond substituents is 1. The summed E-state index contributed by atoms with van der Waals surface area (Å²) in [4.78, 5) is 65.4. The SMILES string of the molecule is CCC[C@H](NC(=O)[C@@H](NC(=O)c1ccc(O)cc1)[C@@H](C)CC)C(=O)N[C@H](CC[C@@H](C)C(=O)N[C@H](C(=O)NCC)C(C)C)CC(C)C. The van der Waals surface area contributed by atoms with Crippen LogP contribution in [-0.2, 0) is 19.2 Å². The van der Waals surface area contributed by atoms with E-state index < -0.39 is 29.9 Å². The summed E-state index contributed by atoms with van der Waals surface area (Å²) < 4.78 is 0. The van der Waals surface area contributed by atoms with E-state index in [9.17, 15) is 29.1 Å². The highest BCUT2D eigenvalue weighted by atomic mass is 16.3. The van der Waals surface area contributed by atoms with Crippen LogP contribution >= 0.6 is 0 Å². The lowest BCUT2D eigenvalue weighted by molar-refractivity contribution is -0.132. The van der Waals surface area contributed by atoms with Crippen LogP contribution in [0.4, 0.5) is 0 Å². The van der Waals surface area contributed by atoms with Gasteiger partial charge in [0, 0.05) is 24.1 Å². The Balaban J connectivity index is 2.97. The fourth-order valence-corrected chi connectivity index (χ4v) is 5.17. The van der Waals surface area contributed by atoms with Gasteiger partial charge < -0.3 is 31.7 Å². The van der Waals surface area contributed by atoms with E-state index in [1.54, 1.807) is 0 Å². The van der Waals surface area contributed by atoms with Crippen LogP contribution in [0.25, 0.3) is 0 Å². The lowest BCUT2D eigenvalue weighted by Crippen LogP contribution is -2.56. The molecule has 0 fully saturated rings. The Bertz CT molecular complexity index is 1120. The zero-order valence-electron chi connectivity index (χ0n) is 29.4. The van der Waals surface area contributed by atoms with Crippen molar-refractivity contribution < 1.29 is 29.1 Å². The number of hydrogen-bond acceptors (Lipinski definition) is 6. The second kappa shape index (κ2) is 20.5. The van der Waals surface area contributed by atoms with E-state index in [1.807, 2.05) is 48.5 Å². The normalized spacial score (nSPS) is 15.2. The minimum atomic E-state index is -0.863. The predicted molar refractivity (Wildman–Crippen MR) is 181 cm³/mol. The van der Waals surface area contributed by atoms with Gasteiger partial charge in [-0.15, -0.1) is 0 Å². The molecule has 1 aromatic carbocycles. The molecule has 0 heterocycles. The molecule has 0 aliphatic heterocycles. The Kier molecular flexibility index (Phi) is 18.0. The minimum absolute atomic E-state index is 0.0332. The number of carbonyl (C=O) groups is 5. The maximum atomic E-state index is 13.6. The number of amides is 5. The van der Waals surface area contributed by atoms with Crippen molar-refractivity contribution >= 4 is 29.5 Å². The molecule has 0 radical (unpaired) electrons. The van der Waals surface area contributed by atoms with Crippen molar-refractivity contribution in [3.8, 4) is 5.75 Å². The second-order valence-corrected chi connectivity index (χ2v) is 13.2. The van der Waals surface area contributed by atoms with E-state index in [1.165, 1.54) is 24.3 Å². The lowest BCUT2D eigenvalue weighted by atomic mass is 9.94. The van der Waals surface area contributed by atoms with Crippen molar-refractivity contribution in [2.24, 2.45) is 23.7 Å². The Morgan fingerprint density at radius 3 is 1.85 bits per heavy atom. The number of carbonyl (C=O) groups excluding carboxylic acids is 5. The molecular weight excluding hydrogens is 586 g/mol. The number of phenols is 1. The van der Waals surface area contributed by atoms with E-state index in [2.05, 4.69) is 40.4 Å². The van der Waals surface area contributed by atoms with Crippen LogP contribution in [0.5, 0.6) is 5.75 Å². The van der Waals surface area contributed by atoms with Gasteiger partial charge in [-0.2, -0.15) is 0 Å². The molecule has 0 bridgehead atoms. The molecule has 0 aliphatic rings. The molecule has 260 valence electrons. The van der Waals surface area contributed by atoms with Gasteiger partial charge in [-0.25, -0.2) is 0 Å². The van der Waals surface area contributed by atoms with Gasteiger partial charge in [0.15, 0.2) is 0 Å². The Hall–Kier alpha value is -3.63. The molecule has 0 aromatic heterocycles. The van der Waals surface area contributed by atoms with E-state index in [0.717, 1.165) is 0 Å². The van der Waals surface area contributed by atoms with E-state index >= 15 is 0 Å². The summed E-state index contributed by atoms with van der Waals surface area (Å²) in [5.41, 5.74) is 0.310. The van der Waals surface area contributed by atoms with Gasteiger partial charge in [0.2, 0.25) is 23.6 Å². The zero-order chi connectivity index (χ0) is 35.0. The molecule has 0 saturated heterocycles. The molecule has 46 heavy (non-hydrogen) atoms. The zero-order valence-corrected chi connectivity index (χ0v) is 29.4. The van der Waals surface area contributed by atoms with Gasteiger partial charge in [-0.05, 0) is 74.6 Å². The standard InChI is InChI=1S/C35H59N5O6/c1-10-13-28(38-35(46)30(23(8)11-2)40-32(43)25-15-18-27(41)19-16-25)33(44)37-26(20-21(4)5)17-14-24(9)31(42)39-29(22(6)7)34(45)36-12-3/h15-16,18-19,21-24,26,28-30,41H,10-14,17,20H2,1-9H3,(H,36,45)(H,37,44)(H,38,46)(H,39,42)(H,40,43)/t23-,24+,26+,28-,29-,30-/m0/s1. The fraction of sp³-hybridized carbons (Fsp3) is 0.686. The van der Waals surface area contributed by atoms with Gasteiger partial charge in [-0.3, -0.25) is 24.0 Å².